The standard InChI is InChI=1S/C15H15ClN2OS/c1-2-13-14(7-9-17)20-15(18-13)8-10-19-12-5-3-11(16)4-6-12/h3-6H,2,7-8,10H2,1H3. The average molecular weight is 307 g/mol. The molecule has 3 nitrogen and oxygen atoms in total. The lowest BCUT2D eigenvalue weighted by Gasteiger charge is -2.04. The smallest absolute Gasteiger partial charge is 0.119 e. The van der Waals surface area contributed by atoms with E-state index in [1.54, 1.807) is 23.5 Å². The molecule has 0 saturated carbocycles. The third kappa shape index (κ3) is 3.96. The van der Waals surface area contributed by atoms with E-state index >= 15 is 0 Å². The molecule has 0 aliphatic heterocycles. The maximum atomic E-state index is 8.79. The van der Waals surface area contributed by atoms with Crippen molar-refractivity contribution in [3.8, 4) is 11.8 Å². The van der Waals surface area contributed by atoms with Crippen LogP contribution in [0.5, 0.6) is 5.75 Å². The minimum Gasteiger partial charge on any atom is -0.493 e. The van der Waals surface area contributed by atoms with E-state index in [4.69, 9.17) is 21.6 Å². The molecule has 1 aromatic heterocycles. The molecule has 0 fully saturated rings. The number of aromatic nitrogens is 1. The molecule has 0 spiro atoms. The van der Waals surface area contributed by atoms with Crippen molar-refractivity contribution >= 4 is 22.9 Å². The van der Waals surface area contributed by atoms with Crippen LogP contribution in [0.4, 0.5) is 0 Å². The van der Waals surface area contributed by atoms with Gasteiger partial charge in [0, 0.05) is 16.3 Å². The van der Waals surface area contributed by atoms with Crippen molar-refractivity contribution in [3.63, 3.8) is 0 Å². The molecule has 0 bridgehead atoms. The van der Waals surface area contributed by atoms with Gasteiger partial charge in [0.05, 0.1) is 29.8 Å². The van der Waals surface area contributed by atoms with Gasteiger partial charge in [0.15, 0.2) is 0 Å². The fourth-order valence-electron chi connectivity index (χ4n) is 1.82. The Hall–Kier alpha value is -1.57. The summed E-state index contributed by atoms with van der Waals surface area (Å²) in [6.45, 7) is 2.63. The fourth-order valence-corrected chi connectivity index (χ4v) is 3.01. The number of benzene rings is 1. The van der Waals surface area contributed by atoms with Crippen LogP contribution in [0.15, 0.2) is 24.3 Å². The van der Waals surface area contributed by atoms with Crippen molar-refractivity contribution in [2.45, 2.75) is 26.2 Å². The van der Waals surface area contributed by atoms with Crippen molar-refractivity contribution in [1.29, 1.82) is 5.26 Å². The number of thiazole rings is 1. The van der Waals surface area contributed by atoms with Crippen LogP contribution in [0.25, 0.3) is 0 Å². The first-order valence-electron chi connectivity index (χ1n) is 6.45. The summed E-state index contributed by atoms with van der Waals surface area (Å²) >= 11 is 7.43. The fraction of sp³-hybridized carbons (Fsp3) is 0.333. The highest BCUT2D eigenvalue weighted by atomic mass is 35.5. The second-order valence-electron chi connectivity index (χ2n) is 4.22. The molecule has 20 heavy (non-hydrogen) atoms. The SMILES string of the molecule is CCc1nc(CCOc2ccc(Cl)cc2)sc1CC#N. The van der Waals surface area contributed by atoms with Crippen molar-refractivity contribution in [1.82, 2.24) is 4.98 Å². The highest BCUT2D eigenvalue weighted by molar-refractivity contribution is 7.11. The van der Waals surface area contributed by atoms with Crippen LogP contribution in [-0.4, -0.2) is 11.6 Å². The normalized spacial score (nSPS) is 10.2. The van der Waals surface area contributed by atoms with E-state index in [0.717, 1.165) is 34.2 Å². The molecule has 0 aliphatic carbocycles. The molecule has 0 radical (unpaired) electrons. The highest BCUT2D eigenvalue weighted by Crippen LogP contribution is 2.21. The number of hydrogen-bond acceptors (Lipinski definition) is 4. The topological polar surface area (TPSA) is 45.9 Å². The predicted octanol–water partition coefficient (Wildman–Crippen LogP) is 4.05. The summed E-state index contributed by atoms with van der Waals surface area (Å²) < 4.78 is 5.65. The van der Waals surface area contributed by atoms with Crippen LogP contribution in [-0.2, 0) is 19.3 Å². The molecule has 1 heterocycles. The summed E-state index contributed by atoms with van der Waals surface area (Å²) in [5.41, 5.74) is 1.04. The maximum Gasteiger partial charge on any atom is 0.119 e. The number of nitriles is 1. The monoisotopic (exact) mass is 306 g/mol. The Morgan fingerprint density at radius 1 is 1.35 bits per heavy atom. The van der Waals surface area contributed by atoms with Crippen molar-refractivity contribution in [3.05, 3.63) is 44.9 Å². The van der Waals surface area contributed by atoms with Crippen LogP contribution < -0.4 is 4.74 Å². The van der Waals surface area contributed by atoms with Gasteiger partial charge in [-0.1, -0.05) is 18.5 Å². The zero-order valence-electron chi connectivity index (χ0n) is 11.2. The van der Waals surface area contributed by atoms with Gasteiger partial charge in [-0.25, -0.2) is 4.98 Å². The van der Waals surface area contributed by atoms with Crippen LogP contribution in [0.1, 0.15) is 22.5 Å². The van der Waals surface area contributed by atoms with Gasteiger partial charge < -0.3 is 4.74 Å². The Labute approximate surface area is 127 Å². The van der Waals surface area contributed by atoms with Gasteiger partial charge in [-0.15, -0.1) is 11.3 Å². The third-order valence-corrected chi connectivity index (χ3v) is 4.20. The van der Waals surface area contributed by atoms with E-state index in [-0.39, 0.29) is 0 Å². The Kier molecular flexibility index (Phi) is 5.40. The maximum absolute atomic E-state index is 8.79. The molecule has 0 saturated heterocycles. The van der Waals surface area contributed by atoms with Crippen molar-refractivity contribution in [2.24, 2.45) is 0 Å². The number of ether oxygens (including phenoxy) is 1. The molecule has 0 atom stereocenters. The van der Waals surface area contributed by atoms with Crippen LogP contribution in [0.2, 0.25) is 5.02 Å². The minimum absolute atomic E-state index is 0.443. The van der Waals surface area contributed by atoms with E-state index < -0.39 is 0 Å². The summed E-state index contributed by atoms with van der Waals surface area (Å²) in [6.07, 6.45) is 2.07. The zero-order chi connectivity index (χ0) is 14.4. The Morgan fingerprint density at radius 3 is 2.75 bits per heavy atom. The lowest BCUT2D eigenvalue weighted by molar-refractivity contribution is 0.321. The molecule has 104 valence electrons. The van der Waals surface area contributed by atoms with E-state index in [1.165, 1.54) is 0 Å². The van der Waals surface area contributed by atoms with E-state index in [1.807, 2.05) is 12.1 Å². The summed E-state index contributed by atoms with van der Waals surface area (Å²) in [5, 5.41) is 10.5. The van der Waals surface area contributed by atoms with E-state index in [2.05, 4.69) is 18.0 Å². The Balaban J connectivity index is 1.91. The number of hydrogen-bond donors (Lipinski definition) is 0. The van der Waals surface area contributed by atoms with Gasteiger partial charge in [0.1, 0.15) is 5.75 Å². The molecule has 0 unspecified atom stereocenters. The summed E-state index contributed by atoms with van der Waals surface area (Å²) in [7, 11) is 0. The number of nitrogens with zero attached hydrogens (tertiary/aromatic N) is 2. The van der Waals surface area contributed by atoms with Crippen LogP contribution >= 0.6 is 22.9 Å². The first-order valence-corrected chi connectivity index (χ1v) is 7.65. The first kappa shape index (κ1) is 14.8. The van der Waals surface area contributed by atoms with Crippen molar-refractivity contribution < 1.29 is 4.74 Å². The Morgan fingerprint density at radius 2 is 2.10 bits per heavy atom. The second kappa shape index (κ2) is 7.28. The van der Waals surface area contributed by atoms with Gasteiger partial charge in [0.25, 0.3) is 0 Å². The van der Waals surface area contributed by atoms with Gasteiger partial charge in [-0.3, -0.25) is 0 Å². The number of halogens is 1. The van der Waals surface area contributed by atoms with Crippen LogP contribution in [0.3, 0.4) is 0 Å². The molecular weight excluding hydrogens is 292 g/mol. The van der Waals surface area contributed by atoms with Gasteiger partial charge in [-0.2, -0.15) is 5.26 Å². The third-order valence-electron chi connectivity index (χ3n) is 2.80. The lowest BCUT2D eigenvalue weighted by atomic mass is 10.2. The van der Waals surface area contributed by atoms with Crippen LogP contribution in [0, 0.1) is 11.3 Å². The molecular formula is C15H15ClN2OS. The molecule has 2 aromatic rings. The lowest BCUT2D eigenvalue weighted by Crippen LogP contribution is -2.01. The molecule has 2 rings (SSSR count). The predicted molar refractivity (Wildman–Crippen MR) is 81.5 cm³/mol. The molecule has 0 amide bonds. The number of rotatable bonds is 6. The highest BCUT2D eigenvalue weighted by Gasteiger charge is 2.09. The first-order chi connectivity index (χ1) is 9.72. The zero-order valence-corrected chi connectivity index (χ0v) is 12.8. The van der Waals surface area contributed by atoms with E-state index in [0.29, 0.717) is 18.1 Å². The average Bonchev–Trinajstić information content (AvgIpc) is 2.84. The quantitative estimate of drug-likeness (QED) is 0.809. The van der Waals surface area contributed by atoms with Gasteiger partial charge >= 0.3 is 0 Å². The molecule has 5 heteroatoms. The number of aryl methyl sites for hydroxylation is 1. The van der Waals surface area contributed by atoms with Gasteiger partial charge in [0.2, 0.25) is 0 Å². The van der Waals surface area contributed by atoms with E-state index in [9.17, 15) is 0 Å². The molecule has 0 aliphatic rings. The summed E-state index contributed by atoms with van der Waals surface area (Å²) in [4.78, 5) is 5.64. The Bertz CT molecular complexity index is 601. The largest absolute Gasteiger partial charge is 0.493 e. The molecule has 1 aromatic carbocycles. The molecule has 0 N–H and O–H groups in total. The summed E-state index contributed by atoms with van der Waals surface area (Å²) in [6, 6.07) is 9.50. The minimum atomic E-state index is 0.443. The second-order valence-corrected chi connectivity index (χ2v) is 5.82. The summed E-state index contributed by atoms with van der Waals surface area (Å²) in [5.74, 6) is 0.805. The van der Waals surface area contributed by atoms with Crippen molar-refractivity contribution in [2.75, 3.05) is 6.61 Å². The van der Waals surface area contributed by atoms with Gasteiger partial charge in [-0.05, 0) is 30.7 Å².